The number of benzene rings is 1. The van der Waals surface area contributed by atoms with Crippen molar-refractivity contribution in [3.63, 3.8) is 0 Å². The van der Waals surface area contributed by atoms with Crippen LogP contribution in [0.1, 0.15) is 15.9 Å². The Morgan fingerprint density at radius 1 is 1.19 bits per heavy atom. The van der Waals surface area contributed by atoms with Gasteiger partial charge in [-0.2, -0.15) is 5.26 Å². The Balaban J connectivity index is 1.75. The zero-order valence-corrected chi connectivity index (χ0v) is 12.3. The summed E-state index contributed by atoms with van der Waals surface area (Å²) in [7, 11) is 2.13. The largest absolute Gasteiger partial charge is 0.336 e. The Morgan fingerprint density at radius 2 is 1.95 bits per heavy atom. The summed E-state index contributed by atoms with van der Waals surface area (Å²) >= 11 is 0. The Morgan fingerprint density at radius 3 is 2.76 bits per heavy atom. The van der Waals surface area contributed by atoms with Crippen molar-refractivity contribution >= 4 is 5.91 Å². The molecule has 2 saturated heterocycles. The van der Waals surface area contributed by atoms with Gasteiger partial charge in [-0.25, -0.2) is 0 Å². The van der Waals surface area contributed by atoms with Gasteiger partial charge in [-0.1, -0.05) is 12.1 Å². The molecule has 0 aliphatic carbocycles. The first-order valence-electron chi connectivity index (χ1n) is 7.40. The number of fused-ring (bicyclic) bond motifs is 1. The molecule has 3 rings (SSSR count). The Bertz CT molecular complexity index is 580. The molecule has 2 aliphatic heterocycles. The van der Waals surface area contributed by atoms with Crippen LogP contribution in [0.3, 0.4) is 0 Å². The van der Waals surface area contributed by atoms with Crippen LogP contribution in [0.4, 0.5) is 0 Å². The van der Waals surface area contributed by atoms with Crippen molar-refractivity contribution in [2.24, 2.45) is 0 Å². The van der Waals surface area contributed by atoms with E-state index in [9.17, 15) is 4.79 Å². The highest BCUT2D eigenvalue weighted by molar-refractivity contribution is 5.96. The maximum atomic E-state index is 12.7. The third-order valence-electron chi connectivity index (χ3n) is 4.46. The minimum absolute atomic E-state index is 0.0139. The van der Waals surface area contributed by atoms with Crippen molar-refractivity contribution < 1.29 is 4.79 Å². The van der Waals surface area contributed by atoms with Crippen molar-refractivity contribution in [1.29, 1.82) is 5.26 Å². The van der Waals surface area contributed by atoms with Crippen LogP contribution in [0.2, 0.25) is 0 Å². The Hall–Kier alpha value is -1.90. The van der Waals surface area contributed by atoms with E-state index >= 15 is 0 Å². The quantitative estimate of drug-likeness (QED) is 0.759. The molecular weight excluding hydrogens is 264 g/mol. The van der Waals surface area contributed by atoms with Crippen molar-refractivity contribution in [1.82, 2.24) is 14.7 Å². The fourth-order valence-electron chi connectivity index (χ4n) is 3.23. The molecule has 0 saturated carbocycles. The number of nitrogens with zero attached hydrogens (tertiary/aromatic N) is 4. The molecule has 1 aromatic rings. The van der Waals surface area contributed by atoms with Gasteiger partial charge >= 0.3 is 0 Å². The summed E-state index contributed by atoms with van der Waals surface area (Å²) < 4.78 is 0. The van der Waals surface area contributed by atoms with E-state index in [1.807, 2.05) is 11.0 Å². The lowest BCUT2D eigenvalue weighted by molar-refractivity contribution is 0.0190. The standard InChI is InChI=1S/C16H20N4O/c1-18-6-7-19-8-9-20(12-14(19)11-18)16(21)15-5-3-2-4-13(15)10-17/h2-5,14H,6-9,11-12H2,1H3. The Labute approximate surface area is 125 Å². The molecule has 0 aromatic heterocycles. The van der Waals surface area contributed by atoms with Crippen LogP contribution < -0.4 is 0 Å². The van der Waals surface area contributed by atoms with Crippen LogP contribution in [-0.4, -0.2) is 73.0 Å². The van der Waals surface area contributed by atoms with Gasteiger partial charge in [0.25, 0.3) is 5.91 Å². The summed E-state index contributed by atoms with van der Waals surface area (Å²) in [6, 6.07) is 9.60. The molecule has 0 spiro atoms. The van der Waals surface area contributed by atoms with Gasteiger partial charge in [0.1, 0.15) is 0 Å². The van der Waals surface area contributed by atoms with E-state index in [2.05, 4.69) is 22.9 Å². The predicted octanol–water partition coefficient (Wildman–Crippen LogP) is 0.630. The highest BCUT2D eigenvalue weighted by Crippen LogP contribution is 2.18. The monoisotopic (exact) mass is 284 g/mol. The number of hydrogen-bond acceptors (Lipinski definition) is 4. The molecule has 110 valence electrons. The maximum Gasteiger partial charge on any atom is 0.255 e. The topological polar surface area (TPSA) is 50.6 Å². The van der Waals surface area contributed by atoms with Crippen molar-refractivity contribution in [2.45, 2.75) is 6.04 Å². The fourth-order valence-corrected chi connectivity index (χ4v) is 3.23. The first-order valence-corrected chi connectivity index (χ1v) is 7.40. The van der Waals surface area contributed by atoms with Gasteiger partial charge in [0.2, 0.25) is 0 Å². The third kappa shape index (κ3) is 2.78. The van der Waals surface area contributed by atoms with E-state index < -0.39 is 0 Å². The molecule has 21 heavy (non-hydrogen) atoms. The summed E-state index contributed by atoms with van der Waals surface area (Å²) in [6.07, 6.45) is 0. The van der Waals surface area contributed by atoms with Crippen LogP contribution in [0.5, 0.6) is 0 Å². The molecule has 5 heteroatoms. The number of amides is 1. The highest BCUT2D eigenvalue weighted by atomic mass is 16.2. The zero-order chi connectivity index (χ0) is 14.8. The number of carbonyl (C=O) groups is 1. The SMILES string of the molecule is CN1CCN2CCN(C(=O)c3ccccc3C#N)CC2C1. The maximum absolute atomic E-state index is 12.7. The minimum Gasteiger partial charge on any atom is -0.336 e. The lowest BCUT2D eigenvalue weighted by Gasteiger charge is -2.46. The summed E-state index contributed by atoms with van der Waals surface area (Å²) in [4.78, 5) is 19.4. The first kappa shape index (κ1) is 14.1. The number of hydrogen-bond donors (Lipinski definition) is 0. The van der Waals surface area contributed by atoms with E-state index in [0.29, 0.717) is 17.2 Å². The van der Waals surface area contributed by atoms with E-state index in [-0.39, 0.29) is 5.91 Å². The molecule has 2 aliphatic rings. The number of likely N-dealkylation sites (N-methyl/N-ethyl adjacent to an activating group) is 1. The lowest BCUT2D eigenvalue weighted by atomic mass is 10.0. The van der Waals surface area contributed by atoms with Crippen molar-refractivity contribution in [3.8, 4) is 6.07 Å². The summed E-state index contributed by atoms with van der Waals surface area (Å²) in [5, 5.41) is 9.15. The molecule has 1 aromatic carbocycles. The number of rotatable bonds is 1. The van der Waals surface area contributed by atoms with E-state index in [1.165, 1.54) is 0 Å². The molecule has 0 radical (unpaired) electrons. The second-order valence-electron chi connectivity index (χ2n) is 5.86. The van der Waals surface area contributed by atoms with E-state index in [1.54, 1.807) is 18.2 Å². The zero-order valence-electron chi connectivity index (χ0n) is 12.3. The smallest absolute Gasteiger partial charge is 0.255 e. The lowest BCUT2D eigenvalue weighted by Crippen LogP contribution is -2.62. The normalized spacial score (nSPS) is 23.4. The number of nitriles is 1. The molecule has 0 N–H and O–H groups in total. The van der Waals surface area contributed by atoms with Gasteiger partial charge < -0.3 is 9.80 Å². The van der Waals surface area contributed by atoms with Crippen LogP contribution in [0, 0.1) is 11.3 Å². The molecule has 2 heterocycles. The molecule has 1 atom stereocenters. The average molecular weight is 284 g/mol. The molecule has 1 amide bonds. The number of carbonyl (C=O) groups excluding carboxylic acids is 1. The van der Waals surface area contributed by atoms with E-state index in [0.717, 1.165) is 39.3 Å². The van der Waals surface area contributed by atoms with Crippen molar-refractivity contribution in [2.75, 3.05) is 46.3 Å². The predicted molar refractivity (Wildman–Crippen MR) is 79.9 cm³/mol. The van der Waals surface area contributed by atoms with Gasteiger partial charge in [-0.05, 0) is 19.2 Å². The third-order valence-corrected chi connectivity index (χ3v) is 4.46. The second-order valence-corrected chi connectivity index (χ2v) is 5.86. The van der Waals surface area contributed by atoms with Crippen LogP contribution in [0.25, 0.3) is 0 Å². The van der Waals surface area contributed by atoms with E-state index in [4.69, 9.17) is 5.26 Å². The first-order chi connectivity index (χ1) is 10.2. The molecular formula is C16H20N4O. The van der Waals surface area contributed by atoms with Gasteiger partial charge in [0, 0.05) is 45.3 Å². The fraction of sp³-hybridized carbons (Fsp3) is 0.500. The van der Waals surface area contributed by atoms with Crippen LogP contribution in [0.15, 0.2) is 24.3 Å². The van der Waals surface area contributed by atoms with Gasteiger partial charge in [-0.3, -0.25) is 9.69 Å². The van der Waals surface area contributed by atoms with Crippen LogP contribution >= 0.6 is 0 Å². The molecule has 1 unspecified atom stereocenters. The molecule has 2 fully saturated rings. The summed E-state index contributed by atoms with van der Waals surface area (Å²) in [5.74, 6) is -0.0139. The highest BCUT2D eigenvalue weighted by Gasteiger charge is 2.33. The molecule has 0 bridgehead atoms. The van der Waals surface area contributed by atoms with Gasteiger partial charge in [0.05, 0.1) is 17.2 Å². The number of piperazine rings is 2. The Kier molecular flexibility index (Phi) is 3.91. The summed E-state index contributed by atoms with van der Waals surface area (Å²) in [5.41, 5.74) is 0.989. The van der Waals surface area contributed by atoms with Gasteiger partial charge in [-0.15, -0.1) is 0 Å². The minimum atomic E-state index is -0.0139. The van der Waals surface area contributed by atoms with Crippen LogP contribution in [-0.2, 0) is 0 Å². The van der Waals surface area contributed by atoms with Gasteiger partial charge in [0.15, 0.2) is 0 Å². The van der Waals surface area contributed by atoms with Crippen molar-refractivity contribution in [3.05, 3.63) is 35.4 Å². The molecule has 5 nitrogen and oxygen atoms in total. The summed E-state index contributed by atoms with van der Waals surface area (Å²) in [6.45, 7) is 5.62. The average Bonchev–Trinajstić information content (AvgIpc) is 2.53. The second kappa shape index (κ2) is 5.84.